The Kier molecular flexibility index (Phi) is 6.31. The van der Waals surface area contributed by atoms with Crippen molar-refractivity contribution in [2.24, 2.45) is 5.92 Å². The smallest absolute Gasteiger partial charge is 0.408 e. The van der Waals surface area contributed by atoms with E-state index in [0.29, 0.717) is 5.56 Å². The van der Waals surface area contributed by atoms with Crippen molar-refractivity contribution >= 4 is 29.7 Å². The number of β-lactam (4-membered cyclic amide) rings is 1. The number of Topliss-reactive ketones (excluding diaryl/α,β-unsaturated/α-hetero) is 1. The number of hydrogen-bond donors (Lipinski definition) is 3. The number of carbonyl (C=O) groups excluding carboxylic acids is 4. The molecule has 176 valence electrons. The molecule has 0 bridgehead atoms. The van der Waals surface area contributed by atoms with E-state index in [9.17, 15) is 29.1 Å². The van der Waals surface area contributed by atoms with Gasteiger partial charge in [0.1, 0.15) is 30.8 Å². The number of nitrogens with zero attached hydrogens (tertiary/aromatic N) is 1. The molecule has 2 aromatic carbocycles. The Morgan fingerprint density at radius 1 is 1.03 bits per heavy atom. The van der Waals surface area contributed by atoms with Gasteiger partial charge in [-0.1, -0.05) is 67.6 Å². The van der Waals surface area contributed by atoms with Gasteiger partial charge in [-0.15, -0.1) is 0 Å². The van der Waals surface area contributed by atoms with E-state index in [1.165, 1.54) is 6.92 Å². The standard InChI is InChI=1S/C24H23N3O7/c1-13-18(23(31)32)27-19(20(13)28)17(22(27)30)25-21(29)16(15-10-6-3-7-11-15)26-24(33)34-12-14-8-4-2-5-9-14/h2-11,13,16-19H,12H2,1H3,(H,25,29)(H,26,33)(H,31,32)/t13?,16?,17?,18?,19-/m0/s1. The van der Waals surface area contributed by atoms with Crippen molar-refractivity contribution in [3.05, 3.63) is 71.8 Å². The number of aliphatic carboxylic acids is 1. The first-order valence-electron chi connectivity index (χ1n) is 10.7. The third-order valence-electron chi connectivity index (χ3n) is 6.07. The van der Waals surface area contributed by atoms with Crippen LogP contribution < -0.4 is 10.6 Å². The molecule has 2 aliphatic heterocycles. The molecule has 0 aliphatic carbocycles. The maximum Gasteiger partial charge on any atom is 0.408 e. The predicted molar refractivity (Wildman–Crippen MR) is 117 cm³/mol. The van der Waals surface area contributed by atoms with Crippen molar-refractivity contribution in [1.29, 1.82) is 0 Å². The fraction of sp³-hybridized carbons (Fsp3) is 0.292. The average Bonchev–Trinajstić information content (AvgIpc) is 3.08. The summed E-state index contributed by atoms with van der Waals surface area (Å²) in [5, 5.41) is 14.4. The lowest BCUT2D eigenvalue weighted by molar-refractivity contribution is -0.162. The zero-order valence-electron chi connectivity index (χ0n) is 18.2. The number of ketones is 1. The molecule has 2 heterocycles. The molecule has 34 heavy (non-hydrogen) atoms. The summed E-state index contributed by atoms with van der Waals surface area (Å²) in [6, 6.07) is 12.7. The number of ether oxygens (including phenoxy) is 1. The number of benzene rings is 2. The van der Waals surface area contributed by atoms with Gasteiger partial charge >= 0.3 is 12.1 Å². The molecule has 2 saturated heterocycles. The lowest BCUT2D eigenvalue weighted by atomic mass is 9.92. The first-order chi connectivity index (χ1) is 16.3. The number of rotatable bonds is 7. The first kappa shape index (κ1) is 23.0. The average molecular weight is 465 g/mol. The zero-order chi connectivity index (χ0) is 24.4. The van der Waals surface area contributed by atoms with Crippen LogP contribution in [0.3, 0.4) is 0 Å². The van der Waals surface area contributed by atoms with E-state index in [4.69, 9.17) is 4.74 Å². The summed E-state index contributed by atoms with van der Waals surface area (Å²) >= 11 is 0. The molecule has 0 saturated carbocycles. The third kappa shape index (κ3) is 4.21. The lowest BCUT2D eigenvalue weighted by Crippen LogP contribution is -2.72. The Balaban J connectivity index is 1.46. The molecule has 10 nitrogen and oxygen atoms in total. The van der Waals surface area contributed by atoms with Gasteiger partial charge in [0, 0.05) is 5.92 Å². The number of fused-ring (bicyclic) bond motifs is 1. The summed E-state index contributed by atoms with van der Waals surface area (Å²) in [7, 11) is 0. The van der Waals surface area contributed by atoms with E-state index in [1.54, 1.807) is 54.6 Å². The van der Waals surface area contributed by atoms with Crippen LogP contribution in [0.15, 0.2) is 60.7 Å². The number of alkyl carbamates (subject to hydrolysis) is 1. The van der Waals surface area contributed by atoms with E-state index in [-0.39, 0.29) is 6.61 Å². The van der Waals surface area contributed by atoms with Gasteiger partial charge in [-0.05, 0) is 11.1 Å². The van der Waals surface area contributed by atoms with Crippen LogP contribution >= 0.6 is 0 Å². The Morgan fingerprint density at radius 2 is 1.65 bits per heavy atom. The summed E-state index contributed by atoms with van der Waals surface area (Å²) in [5.74, 6) is -3.96. The highest BCUT2D eigenvalue weighted by Crippen LogP contribution is 2.37. The topological polar surface area (TPSA) is 142 Å². The van der Waals surface area contributed by atoms with Crippen molar-refractivity contribution in [2.75, 3.05) is 0 Å². The highest BCUT2D eigenvalue weighted by molar-refractivity contribution is 6.11. The molecule has 2 fully saturated rings. The summed E-state index contributed by atoms with van der Waals surface area (Å²) < 4.78 is 5.21. The van der Waals surface area contributed by atoms with Crippen LogP contribution in [0.1, 0.15) is 24.1 Å². The zero-order valence-corrected chi connectivity index (χ0v) is 18.2. The van der Waals surface area contributed by atoms with E-state index in [1.807, 2.05) is 6.07 Å². The number of carboxylic acids is 1. The van der Waals surface area contributed by atoms with Gasteiger partial charge in [0.2, 0.25) is 11.8 Å². The minimum absolute atomic E-state index is 0.00306. The van der Waals surface area contributed by atoms with E-state index < -0.39 is 59.7 Å². The van der Waals surface area contributed by atoms with Crippen molar-refractivity contribution in [2.45, 2.75) is 37.7 Å². The minimum atomic E-state index is -1.27. The lowest BCUT2D eigenvalue weighted by Gasteiger charge is -2.43. The van der Waals surface area contributed by atoms with Crippen molar-refractivity contribution in [3.8, 4) is 0 Å². The predicted octanol–water partition coefficient (Wildman–Crippen LogP) is 1.02. The molecule has 4 rings (SSSR count). The molecule has 5 atom stereocenters. The molecule has 4 unspecified atom stereocenters. The number of carboxylic acid groups (broad SMARTS) is 1. The van der Waals surface area contributed by atoms with Crippen LogP contribution in [-0.4, -0.2) is 57.8 Å². The molecule has 2 aromatic rings. The van der Waals surface area contributed by atoms with Crippen LogP contribution in [0, 0.1) is 5.92 Å². The van der Waals surface area contributed by atoms with E-state index in [2.05, 4.69) is 10.6 Å². The fourth-order valence-electron chi connectivity index (χ4n) is 4.33. The van der Waals surface area contributed by atoms with Crippen molar-refractivity contribution < 1.29 is 33.8 Å². The van der Waals surface area contributed by atoms with Crippen LogP contribution in [0.2, 0.25) is 0 Å². The molecule has 10 heteroatoms. The van der Waals surface area contributed by atoms with Crippen molar-refractivity contribution in [3.63, 3.8) is 0 Å². The van der Waals surface area contributed by atoms with E-state index >= 15 is 0 Å². The third-order valence-corrected chi connectivity index (χ3v) is 6.07. The number of carbonyl (C=O) groups is 5. The van der Waals surface area contributed by atoms with Gasteiger partial charge in [-0.25, -0.2) is 9.59 Å². The van der Waals surface area contributed by atoms with Gasteiger partial charge in [0.15, 0.2) is 5.78 Å². The molecule has 3 amide bonds. The Bertz CT molecular complexity index is 1120. The highest BCUT2D eigenvalue weighted by atomic mass is 16.5. The van der Waals surface area contributed by atoms with Gasteiger partial charge < -0.3 is 25.4 Å². The quantitative estimate of drug-likeness (QED) is 0.518. The summed E-state index contributed by atoms with van der Waals surface area (Å²) in [6.45, 7) is 1.44. The normalized spacial score (nSPS) is 24.0. The largest absolute Gasteiger partial charge is 0.480 e. The van der Waals surface area contributed by atoms with Gasteiger partial charge in [-0.2, -0.15) is 0 Å². The van der Waals surface area contributed by atoms with Crippen LogP contribution in [0.4, 0.5) is 4.79 Å². The summed E-state index contributed by atoms with van der Waals surface area (Å²) in [4.78, 5) is 63.2. The minimum Gasteiger partial charge on any atom is -0.480 e. The molecule has 0 radical (unpaired) electrons. The molecule has 2 aliphatic rings. The number of nitrogens with one attached hydrogen (secondary N) is 2. The molecular formula is C24H23N3O7. The first-order valence-corrected chi connectivity index (χ1v) is 10.7. The SMILES string of the molecule is CC1C(=O)[C@@H]2C(NC(=O)C(NC(=O)OCc3ccccc3)c3ccccc3)C(=O)N2C1C(=O)O. The summed E-state index contributed by atoms with van der Waals surface area (Å²) in [6.07, 6.45) is -0.842. The van der Waals surface area contributed by atoms with Gasteiger partial charge in [-0.3, -0.25) is 14.4 Å². The highest BCUT2D eigenvalue weighted by Gasteiger charge is 2.64. The van der Waals surface area contributed by atoms with Crippen LogP contribution in [0.25, 0.3) is 0 Å². The molecular weight excluding hydrogens is 442 g/mol. The Labute approximate surface area is 194 Å². The Hall–Kier alpha value is -4.21. The van der Waals surface area contributed by atoms with Crippen molar-refractivity contribution in [1.82, 2.24) is 15.5 Å². The van der Waals surface area contributed by atoms with Crippen LogP contribution in [-0.2, 0) is 30.5 Å². The molecule has 0 spiro atoms. The van der Waals surface area contributed by atoms with E-state index in [0.717, 1.165) is 10.5 Å². The molecule has 0 aromatic heterocycles. The number of hydrogen-bond acceptors (Lipinski definition) is 6. The fourth-order valence-corrected chi connectivity index (χ4v) is 4.33. The monoisotopic (exact) mass is 465 g/mol. The molecule has 3 N–H and O–H groups in total. The van der Waals surface area contributed by atoms with Gasteiger partial charge in [0.25, 0.3) is 0 Å². The Morgan fingerprint density at radius 3 is 2.26 bits per heavy atom. The second-order valence-electron chi connectivity index (χ2n) is 8.20. The maximum atomic E-state index is 13.1. The maximum absolute atomic E-state index is 13.1. The second kappa shape index (κ2) is 9.34. The van der Waals surface area contributed by atoms with Crippen LogP contribution in [0.5, 0.6) is 0 Å². The second-order valence-corrected chi connectivity index (χ2v) is 8.20. The summed E-state index contributed by atoms with van der Waals surface area (Å²) in [5.41, 5.74) is 1.20. The number of amides is 3. The van der Waals surface area contributed by atoms with Gasteiger partial charge in [0.05, 0.1) is 0 Å².